The number of hydrogen-bond acceptors (Lipinski definition) is 7. The maximum absolute atomic E-state index is 12.9. The smallest absolute Gasteiger partial charge is 0.328 e. The third-order valence-electron chi connectivity index (χ3n) is 5.43. The number of rotatable bonds is 12. The summed E-state index contributed by atoms with van der Waals surface area (Å²) in [6.07, 6.45) is 1.41. The number of esters is 1. The average molecular weight is 457 g/mol. The van der Waals surface area contributed by atoms with Gasteiger partial charge in [-0.3, -0.25) is 19.2 Å². The summed E-state index contributed by atoms with van der Waals surface area (Å²) in [5, 5.41) is 19.7. The lowest BCUT2D eigenvalue weighted by Crippen LogP contribution is -2.58. The Morgan fingerprint density at radius 2 is 1.72 bits per heavy atom. The van der Waals surface area contributed by atoms with Crippen molar-refractivity contribution in [2.24, 2.45) is 11.8 Å². The maximum Gasteiger partial charge on any atom is 0.328 e. The Morgan fingerprint density at radius 3 is 2.19 bits per heavy atom. The quantitative estimate of drug-likeness (QED) is 0.235. The highest BCUT2D eigenvalue weighted by Crippen LogP contribution is 2.12. The standard InChI is InChI=1S/C21H36N4O7/c1-6-12(4)17(21(31)32-5)25-19(29)14(9-11(2)3)23-20(30)15(10-26)24-18(28)13-7-8-16(27)22-13/h11-15,17,26H,6-10H2,1-5H3,(H,22,27)(H,23,30)(H,24,28)(H,25,29)/t12-,13-,14+,15+,17+/m0/s1. The molecule has 1 heterocycles. The summed E-state index contributed by atoms with van der Waals surface area (Å²) in [5.41, 5.74) is 0. The van der Waals surface area contributed by atoms with Crippen LogP contribution in [0.4, 0.5) is 0 Å². The molecule has 4 amide bonds. The number of ether oxygens (including phenoxy) is 1. The van der Waals surface area contributed by atoms with Gasteiger partial charge >= 0.3 is 5.97 Å². The molecule has 5 atom stereocenters. The second kappa shape index (κ2) is 13.0. The first kappa shape index (κ1) is 27.3. The van der Waals surface area contributed by atoms with Crippen molar-refractivity contribution in [3.8, 4) is 0 Å². The van der Waals surface area contributed by atoms with Gasteiger partial charge in [0.25, 0.3) is 0 Å². The van der Waals surface area contributed by atoms with E-state index in [1.165, 1.54) is 7.11 Å². The first-order valence-electron chi connectivity index (χ1n) is 10.9. The Balaban J connectivity index is 2.87. The molecule has 0 spiro atoms. The Labute approximate surface area is 188 Å². The molecule has 0 aromatic heterocycles. The van der Waals surface area contributed by atoms with Gasteiger partial charge < -0.3 is 31.1 Å². The lowest BCUT2D eigenvalue weighted by molar-refractivity contribution is -0.147. The lowest BCUT2D eigenvalue weighted by atomic mass is 9.97. The molecule has 0 radical (unpaired) electrons. The molecule has 11 heteroatoms. The van der Waals surface area contributed by atoms with Gasteiger partial charge in [-0.1, -0.05) is 34.1 Å². The minimum atomic E-state index is -1.30. The Morgan fingerprint density at radius 1 is 1.09 bits per heavy atom. The molecule has 1 aliphatic rings. The fourth-order valence-electron chi connectivity index (χ4n) is 3.30. The highest BCUT2D eigenvalue weighted by molar-refractivity contribution is 5.96. The van der Waals surface area contributed by atoms with Crippen LogP contribution in [0, 0.1) is 11.8 Å². The molecule has 5 N–H and O–H groups in total. The van der Waals surface area contributed by atoms with Gasteiger partial charge in [0.1, 0.15) is 24.2 Å². The van der Waals surface area contributed by atoms with Crippen molar-refractivity contribution in [1.29, 1.82) is 0 Å². The highest BCUT2D eigenvalue weighted by Gasteiger charge is 2.34. The third kappa shape index (κ3) is 8.10. The van der Waals surface area contributed by atoms with Crippen LogP contribution in [0.25, 0.3) is 0 Å². The average Bonchev–Trinajstić information content (AvgIpc) is 3.19. The summed E-state index contributed by atoms with van der Waals surface area (Å²) >= 11 is 0. The normalized spacial score (nSPS) is 19.3. The largest absolute Gasteiger partial charge is 0.467 e. The molecule has 1 rings (SSSR count). The van der Waals surface area contributed by atoms with Gasteiger partial charge in [-0.2, -0.15) is 0 Å². The van der Waals surface area contributed by atoms with Crippen LogP contribution in [0.2, 0.25) is 0 Å². The summed E-state index contributed by atoms with van der Waals surface area (Å²) in [5.74, 6) is -2.89. The van der Waals surface area contributed by atoms with Gasteiger partial charge in [0.15, 0.2) is 0 Å². The summed E-state index contributed by atoms with van der Waals surface area (Å²) in [6, 6.07) is -3.93. The zero-order chi connectivity index (χ0) is 24.4. The molecular formula is C21H36N4O7. The fourth-order valence-corrected chi connectivity index (χ4v) is 3.30. The van der Waals surface area contributed by atoms with Crippen molar-refractivity contribution in [2.45, 2.75) is 77.5 Å². The second-order valence-corrected chi connectivity index (χ2v) is 8.49. The van der Waals surface area contributed by atoms with E-state index in [4.69, 9.17) is 4.74 Å². The van der Waals surface area contributed by atoms with Crippen molar-refractivity contribution in [2.75, 3.05) is 13.7 Å². The van der Waals surface area contributed by atoms with E-state index in [1.54, 1.807) is 6.92 Å². The molecule has 1 saturated heterocycles. The van der Waals surface area contributed by atoms with Crippen molar-refractivity contribution in [1.82, 2.24) is 21.3 Å². The fraction of sp³-hybridized carbons (Fsp3) is 0.762. The summed E-state index contributed by atoms with van der Waals surface area (Å²) in [6.45, 7) is 6.73. The summed E-state index contributed by atoms with van der Waals surface area (Å²) in [4.78, 5) is 61.3. The molecule has 0 bridgehead atoms. The first-order valence-corrected chi connectivity index (χ1v) is 10.9. The van der Waals surface area contributed by atoms with E-state index < -0.39 is 54.5 Å². The molecule has 1 fully saturated rings. The second-order valence-electron chi connectivity index (χ2n) is 8.49. The third-order valence-corrected chi connectivity index (χ3v) is 5.43. The van der Waals surface area contributed by atoms with Gasteiger partial charge in [-0.05, 0) is 24.7 Å². The molecule has 32 heavy (non-hydrogen) atoms. The first-order chi connectivity index (χ1) is 15.0. The van der Waals surface area contributed by atoms with Crippen molar-refractivity contribution < 1.29 is 33.8 Å². The minimum Gasteiger partial charge on any atom is -0.467 e. The lowest BCUT2D eigenvalue weighted by Gasteiger charge is -2.27. The van der Waals surface area contributed by atoms with Crippen molar-refractivity contribution in [3.05, 3.63) is 0 Å². The zero-order valence-electron chi connectivity index (χ0n) is 19.4. The van der Waals surface area contributed by atoms with Crippen LogP contribution in [0.5, 0.6) is 0 Å². The predicted octanol–water partition coefficient (Wildman–Crippen LogP) is -1.02. The van der Waals surface area contributed by atoms with Crippen molar-refractivity contribution in [3.63, 3.8) is 0 Å². The Bertz CT molecular complexity index is 698. The Kier molecular flexibility index (Phi) is 11.1. The number of methoxy groups -OCH3 is 1. The van der Waals surface area contributed by atoms with Gasteiger partial charge in [-0.15, -0.1) is 0 Å². The van der Waals surface area contributed by atoms with E-state index in [2.05, 4.69) is 21.3 Å². The molecular weight excluding hydrogens is 420 g/mol. The van der Waals surface area contributed by atoms with Crippen LogP contribution in [-0.2, 0) is 28.7 Å². The zero-order valence-corrected chi connectivity index (χ0v) is 19.4. The van der Waals surface area contributed by atoms with Gasteiger partial charge in [0, 0.05) is 6.42 Å². The van der Waals surface area contributed by atoms with E-state index >= 15 is 0 Å². The molecule has 0 aromatic carbocycles. The van der Waals surface area contributed by atoms with E-state index in [0.29, 0.717) is 12.8 Å². The van der Waals surface area contributed by atoms with Crippen LogP contribution in [-0.4, -0.2) is 72.6 Å². The SMILES string of the molecule is CC[C@H](C)[C@@H](NC(=O)[C@@H](CC(C)C)NC(=O)[C@@H](CO)NC(=O)[C@@H]1CCC(=O)N1)C(=O)OC. The topological polar surface area (TPSA) is 163 Å². The molecule has 0 unspecified atom stereocenters. The molecule has 0 aromatic rings. The number of hydrogen-bond donors (Lipinski definition) is 5. The van der Waals surface area contributed by atoms with Gasteiger partial charge in [-0.25, -0.2) is 4.79 Å². The van der Waals surface area contributed by atoms with Crippen LogP contribution < -0.4 is 21.3 Å². The predicted molar refractivity (Wildman–Crippen MR) is 115 cm³/mol. The van der Waals surface area contributed by atoms with Gasteiger partial charge in [0.2, 0.25) is 23.6 Å². The number of aliphatic hydroxyl groups excluding tert-OH is 1. The van der Waals surface area contributed by atoms with Crippen LogP contribution >= 0.6 is 0 Å². The number of carbonyl (C=O) groups is 5. The molecule has 0 aliphatic carbocycles. The summed E-state index contributed by atoms with van der Waals surface area (Å²) < 4.78 is 4.78. The number of amides is 4. The molecule has 1 aliphatic heterocycles. The highest BCUT2D eigenvalue weighted by atomic mass is 16.5. The Hall–Kier alpha value is -2.69. The molecule has 11 nitrogen and oxygen atoms in total. The number of carbonyl (C=O) groups excluding carboxylic acids is 5. The van der Waals surface area contributed by atoms with Crippen LogP contribution in [0.15, 0.2) is 0 Å². The number of aliphatic hydroxyl groups is 1. The minimum absolute atomic E-state index is 0.0297. The summed E-state index contributed by atoms with van der Waals surface area (Å²) in [7, 11) is 1.23. The maximum atomic E-state index is 12.9. The van der Waals surface area contributed by atoms with Crippen LogP contribution in [0.3, 0.4) is 0 Å². The monoisotopic (exact) mass is 456 g/mol. The van der Waals surface area contributed by atoms with E-state index in [9.17, 15) is 29.1 Å². The van der Waals surface area contributed by atoms with E-state index in [-0.39, 0.29) is 30.6 Å². The van der Waals surface area contributed by atoms with Crippen molar-refractivity contribution >= 4 is 29.6 Å². The van der Waals surface area contributed by atoms with E-state index in [1.807, 2.05) is 20.8 Å². The molecule has 0 saturated carbocycles. The molecule has 182 valence electrons. The van der Waals surface area contributed by atoms with E-state index in [0.717, 1.165) is 0 Å². The van der Waals surface area contributed by atoms with Gasteiger partial charge in [0.05, 0.1) is 13.7 Å². The van der Waals surface area contributed by atoms with Crippen LogP contribution in [0.1, 0.15) is 53.4 Å². The number of nitrogens with one attached hydrogen (secondary N) is 4.